The molecule has 98 valence electrons. The Morgan fingerprint density at radius 3 is 2.25 bits per heavy atom. The highest BCUT2D eigenvalue weighted by atomic mass is 16.5. The fraction of sp³-hybridized carbons (Fsp3) is 1.00. The van der Waals surface area contributed by atoms with Crippen LogP contribution in [0.15, 0.2) is 0 Å². The van der Waals surface area contributed by atoms with Gasteiger partial charge in [-0.2, -0.15) is 0 Å². The second kappa shape index (κ2) is 8.04. The summed E-state index contributed by atoms with van der Waals surface area (Å²) in [6, 6.07) is 0.536. The van der Waals surface area contributed by atoms with Crippen LogP contribution in [0, 0.1) is 5.41 Å². The predicted octanol–water partition coefficient (Wildman–Crippen LogP) is 1.98. The smallest absolute Gasteiger partial charge is 0.0589 e. The minimum Gasteiger partial charge on any atom is -0.383 e. The van der Waals surface area contributed by atoms with Gasteiger partial charge in [-0.3, -0.25) is 4.90 Å². The van der Waals surface area contributed by atoms with Crippen LogP contribution in [0.5, 0.6) is 0 Å². The summed E-state index contributed by atoms with van der Waals surface area (Å²) in [4.78, 5) is 2.45. The van der Waals surface area contributed by atoms with Gasteiger partial charge in [0.25, 0.3) is 0 Å². The minimum absolute atomic E-state index is 0.302. The molecule has 3 heteroatoms. The van der Waals surface area contributed by atoms with E-state index in [1.165, 1.54) is 0 Å². The zero-order valence-corrected chi connectivity index (χ0v) is 12.0. The highest BCUT2D eigenvalue weighted by Gasteiger charge is 2.25. The van der Waals surface area contributed by atoms with Crippen LogP contribution in [-0.4, -0.2) is 50.8 Å². The van der Waals surface area contributed by atoms with Crippen LogP contribution in [0.25, 0.3) is 0 Å². The Morgan fingerprint density at radius 2 is 1.88 bits per heavy atom. The molecule has 3 nitrogen and oxygen atoms in total. The van der Waals surface area contributed by atoms with E-state index < -0.39 is 0 Å². The largest absolute Gasteiger partial charge is 0.383 e. The minimum atomic E-state index is 0.302. The van der Waals surface area contributed by atoms with Crippen molar-refractivity contribution in [1.82, 2.24) is 10.2 Å². The van der Waals surface area contributed by atoms with E-state index in [0.717, 1.165) is 32.8 Å². The van der Waals surface area contributed by atoms with Gasteiger partial charge in [-0.1, -0.05) is 34.6 Å². The van der Waals surface area contributed by atoms with E-state index in [9.17, 15) is 0 Å². The Morgan fingerprint density at radius 1 is 1.25 bits per heavy atom. The molecule has 0 saturated heterocycles. The van der Waals surface area contributed by atoms with Gasteiger partial charge in [0.15, 0.2) is 0 Å². The lowest BCUT2D eigenvalue weighted by atomic mass is 9.86. The summed E-state index contributed by atoms with van der Waals surface area (Å²) in [6.45, 7) is 16.3. The fourth-order valence-electron chi connectivity index (χ4n) is 1.75. The first-order valence-corrected chi connectivity index (χ1v) is 6.40. The molecule has 0 aliphatic rings. The van der Waals surface area contributed by atoms with Crippen molar-refractivity contribution in [3.05, 3.63) is 0 Å². The summed E-state index contributed by atoms with van der Waals surface area (Å²) in [6.07, 6.45) is 0. The second-order valence-corrected chi connectivity index (χ2v) is 5.36. The number of likely N-dealkylation sites (N-methyl/N-ethyl adjacent to an activating group) is 2. The van der Waals surface area contributed by atoms with Crippen LogP contribution in [0.2, 0.25) is 0 Å². The molecule has 0 bridgehead atoms. The number of ether oxygens (including phenoxy) is 1. The molecule has 0 aromatic carbocycles. The lowest BCUT2D eigenvalue weighted by molar-refractivity contribution is 0.125. The van der Waals surface area contributed by atoms with E-state index in [2.05, 4.69) is 44.8 Å². The number of nitrogens with zero attached hydrogens (tertiary/aromatic N) is 1. The van der Waals surface area contributed by atoms with Crippen molar-refractivity contribution in [1.29, 1.82) is 0 Å². The number of nitrogens with one attached hydrogen (secondary N) is 1. The van der Waals surface area contributed by atoms with Gasteiger partial charge >= 0.3 is 0 Å². The molecule has 1 atom stereocenters. The predicted molar refractivity (Wildman–Crippen MR) is 70.9 cm³/mol. The third-order valence-electron chi connectivity index (χ3n) is 3.00. The van der Waals surface area contributed by atoms with Gasteiger partial charge in [0.1, 0.15) is 0 Å². The van der Waals surface area contributed by atoms with Gasteiger partial charge in [-0.05, 0) is 18.5 Å². The van der Waals surface area contributed by atoms with Crippen molar-refractivity contribution in [2.75, 3.05) is 39.9 Å². The highest BCUT2D eigenvalue weighted by molar-refractivity contribution is 4.83. The highest BCUT2D eigenvalue weighted by Crippen LogP contribution is 2.20. The standard InChI is InChI=1S/C13H30N2O/c1-7-14-12(13(3,4)5)11-15(8-2)9-10-16-6/h12,14H,7-11H2,1-6H3. The topological polar surface area (TPSA) is 24.5 Å². The van der Waals surface area contributed by atoms with Crippen molar-refractivity contribution >= 4 is 0 Å². The molecule has 0 heterocycles. The van der Waals surface area contributed by atoms with Gasteiger partial charge in [-0.15, -0.1) is 0 Å². The second-order valence-electron chi connectivity index (χ2n) is 5.36. The van der Waals surface area contributed by atoms with E-state index in [4.69, 9.17) is 4.74 Å². The molecular formula is C13H30N2O. The third kappa shape index (κ3) is 6.46. The van der Waals surface area contributed by atoms with E-state index in [1.807, 2.05) is 0 Å². The Bertz CT molecular complexity index is 166. The summed E-state index contributed by atoms with van der Waals surface area (Å²) >= 11 is 0. The molecular weight excluding hydrogens is 200 g/mol. The lowest BCUT2D eigenvalue weighted by Gasteiger charge is -2.35. The molecule has 0 saturated carbocycles. The van der Waals surface area contributed by atoms with E-state index in [-0.39, 0.29) is 0 Å². The lowest BCUT2D eigenvalue weighted by Crippen LogP contribution is -2.49. The van der Waals surface area contributed by atoms with Crippen LogP contribution in [0.4, 0.5) is 0 Å². The Balaban J connectivity index is 4.23. The SMILES string of the molecule is CCNC(CN(CC)CCOC)C(C)(C)C. The quantitative estimate of drug-likeness (QED) is 0.690. The molecule has 0 amide bonds. The molecule has 0 radical (unpaired) electrons. The molecule has 0 rings (SSSR count). The molecule has 16 heavy (non-hydrogen) atoms. The monoisotopic (exact) mass is 230 g/mol. The van der Waals surface area contributed by atoms with Gasteiger partial charge < -0.3 is 10.1 Å². The summed E-state index contributed by atoms with van der Waals surface area (Å²) in [5.74, 6) is 0. The summed E-state index contributed by atoms with van der Waals surface area (Å²) in [7, 11) is 1.76. The molecule has 0 aromatic rings. The maximum Gasteiger partial charge on any atom is 0.0589 e. The van der Waals surface area contributed by atoms with E-state index >= 15 is 0 Å². The number of hydrogen-bond donors (Lipinski definition) is 1. The Kier molecular flexibility index (Phi) is 7.98. The van der Waals surface area contributed by atoms with E-state index in [1.54, 1.807) is 7.11 Å². The number of methoxy groups -OCH3 is 1. The van der Waals surface area contributed by atoms with Crippen molar-refractivity contribution in [2.24, 2.45) is 5.41 Å². The Labute approximate surface area is 102 Å². The first-order valence-electron chi connectivity index (χ1n) is 6.40. The first-order chi connectivity index (χ1) is 7.45. The maximum absolute atomic E-state index is 5.14. The van der Waals surface area contributed by atoms with Crippen LogP contribution < -0.4 is 5.32 Å². The molecule has 1 N–H and O–H groups in total. The van der Waals surface area contributed by atoms with Crippen LogP contribution in [0.1, 0.15) is 34.6 Å². The van der Waals surface area contributed by atoms with Gasteiger partial charge in [0.05, 0.1) is 6.61 Å². The molecule has 1 unspecified atom stereocenters. The molecule has 0 spiro atoms. The van der Waals surface area contributed by atoms with Crippen molar-refractivity contribution < 1.29 is 4.74 Å². The van der Waals surface area contributed by atoms with Gasteiger partial charge in [-0.25, -0.2) is 0 Å². The molecule has 0 fully saturated rings. The van der Waals surface area contributed by atoms with E-state index in [0.29, 0.717) is 11.5 Å². The molecule has 0 aliphatic heterocycles. The van der Waals surface area contributed by atoms with Crippen LogP contribution in [-0.2, 0) is 4.74 Å². The third-order valence-corrected chi connectivity index (χ3v) is 3.00. The number of rotatable bonds is 8. The maximum atomic E-state index is 5.14. The first kappa shape index (κ1) is 15.9. The average molecular weight is 230 g/mol. The van der Waals surface area contributed by atoms with Crippen molar-refractivity contribution in [3.8, 4) is 0 Å². The van der Waals surface area contributed by atoms with Crippen molar-refractivity contribution in [2.45, 2.75) is 40.7 Å². The van der Waals surface area contributed by atoms with Crippen LogP contribution in [0.3, 0.4) is 0 Å². The summed E-state index contributed by atoms with van der Waals surface area (Å²) in [5, 5.41) is 3.58. The number of hydrogen-bond acceptors (Lipinski definition) is 3. The molecule has 0 aromatic heterocycles. The van der Waals surface area contributed by atoms with Gasteiger partial charge in [0, 0.05) is 26.2 Å². The average Bonchev–Trinajstić information content (AvgIpc) is 2.21. The van der Waals surface area contributed by atoms with Gasteiger partial charge in [0.2, 0.25) is 0 Å². The zero-order chi connectivity index (χ0) is 12.6. The Hall–Kier alpha value is -0.120. The zero-order valence-electron chi connectivity index (χ0n) is 12.0. The molecule has 0 aliphatic carbocycles. The summed E-state index contributed by atoms with van der Waals surface area (Å²) < 4.78 is 5.14. The summed E-state index contributed by atoms with van der Waals surface area (Å²) in [5.41, 5.74) is 0.302. The fourth-order valence-corrected chi connectivity index (χ4v) is 1.75. The van der Waals surface area contributed by atoms with Crippen molar-refractivity contribution in [3.63, 3.8) is 0 Å². The van der Waals surface area contributed by atoms with Crippen LogP contribution >= 0.6 is 0 Å². The normalized spacial score (nSPS) is 14.4.